The lowest BCUT2D eigenvalue weighted by atomic mass is 9.90. The predicted molar refractivity (Wildman–Crippen MR) is 243 cm³/mol. The fraction of sp³-hybridized carbons (Fsp3) is 0. The van der Waals surface area contributed by atoms with Gasteiger partial charge in [0.2, 0.25) is 0 Å². The van der Waals surface area contributed by atoms with E-state index >= 15 is 0 Å². The molecule has 11 aromatic carbocycles. The van der Waals surface area contributed by atoms with E-state index in [-0.39, 0.29) is 0 Å². The average Bonchev–Trinajstić information content (AvgIpc) is 3.82. The molecular formula is C54H30OS. The first-order chi connectivity index (χ1) is 27.7. The van der Waals surface area contributed by atoms with Crippen LogP contribution >= 0.6 is 11.3 Å². The molecule has 0 unspecified atom stereocenters. The number of benzene rings is 11. The zero-order valence-corrected chi connectivity index (χ0v) is 31.0. The van der Waals surface area contributed by atoms with E-state index in [1.807, 2.05) is 11.3 Å². The molecule has 56 heavy (non-hydrogen) atoms. The van der Waals surface area contributed by atoms with E-state index in [4.69, 9.17) is 4.42 Å². The van der Waals surface area contributed by atoms with E-state index in [0.29, 0.717) is 0 Å². The second-order valence-electron chi connectivity index (χ2n) is 15.2. The summed E-state index contributed by atoms with van der Waals surface area (Å²) in [5, 5.41) is 20.4. The Hall–Kier alpha value is -7.00. The standard InChI is InChI=1S/C54H30OS/c1-2-8-32-23-35(14-13-31(32)7-1)37-16-20-50-47(27-37)48-28-38(17-21-51(48)55-50)36-15-19-42-44(26-36)40-11-5-6-12-41(40)45-29-49-53(30-46(42)45)56-52-22-18-39-24-33-9-3-4-10-34(33)25-43(39)54(49)52/h1-30H. The van der Waals surface area contributed by atoms with Gasteiger partial charge in [-0.15, -0.1) is 11.3 Å². The van der Waals surface area contributed by atoms with Crippen LogP contribution in [0.4, 0.5) is 0 Å². The van der Waals surface area contributed by atoms with Gasteiger partial charge in [0.25, 0.3) is 0 Å². The Kier molecular flexibility index (Phi) is 6.11. The lowest BCUT2D eigenvalue weighted by molar-refractivity contribution is 0.669. The Morgan fingerprint density at radius 1 is 0.268 bits per heavy atom. The van der Waals surface area contributed by atoms with Gasteiger partial charge in [-0.1, -0.05) is 115 Å². The largest absolute Gasteiger partial charge is 0.456 e. The van der Waals surface area contributed by atoms with Crippen molar-refractivity contribution in [1.82, 2.24) is 0 Å². The normalized spacial score (nSPS) is 12.3. The summed E-state index contributed by atoms with van der Waals surface area (Å²) in [6.07, 6.45) is 0. The van der Waals surface area contributed by atoms with Crippen molar-refractivity contribution in [1.29, 1.82) is 0 Å². The van der Waals surface area contributed by atoms with Crippen molar-refractivity contribution in [3.05, 3.63) is 182 Å². The first-order valence-corrected chi connectivity index (χ1v) is 20.0. The van der Waals surface area contributed by atoms with Crippen molar-refractivity contribution in [3.63, 3.8) is 0 Å². The molecule has 0 saturated heterocycles. The SMILES string of the molecule is c1ccc2cc(-c3ccc4oc5ccc(-c6ccc7c(c6)c6ccccc6c6cc8c(cc76)sc6ccc7cc9ccccc9cc7c68)cc5c4c3)ccc2c1. The van der Waals surface area contributed by atoms with Crippen molar-refractivity contribution in [3.8, 4) is 22.3 Å². The maximum absolute atomic E-state index is 6.38. The third-order valence-corrected chi connectivity index (χ3v) is 13.3. The zero-order valence-electron chi connectivity index (χ0n) is 30.1. The Balaban J connectivity index is 0.994. The Labute approximate surface area is 325 Å². The molecule has 0 N–H and O–H groups in total. The maximum atomic E-state index is 6.38. The molecule has 0 radical (unpaired) electrons. The van der Waals surface area contributed by atoms with E-state index in [1.165, 1.54) is 107 Å². The molecule has 0 aliphatic heterocycles. The summed E-state index contributed by atoms with van der Waals surface area (Å²) in [7, 11) is 0. The highest BCUT2D eigenvalue weighted by Crippen LogP contribution is 2.45. The third-order valence-electron chi connectivity index (χ3n) is 12.2. The van der Waals surface area contributed by atoms with Crippen LogP contribution in [0.2, 0.25) is 0 Å². The van der Waals surface area contributed by atoms with Crippen LogP contribution in [-0.2, 0) is 0 Å². The van der Waals surface area contributed by atoms with Gasteiger partial charge in [0.1, 0.15) is 11.2 Å². The molecule has 0 aliphatic carbocycles. The quantitative estimate of drug-likeness (QED) is 0.128. The van der Waals surface area contributed by atoms with Gasteiger partial charge in [-0.05, 0) is 154 Å². The minimum absolute atomic E-state index is 0.907. The Bertz CT molecular complexity index is 3820. The third kappa shape index (κ3) is 4.36. The highest BCUT2D eigenvalue weighted by molar-refractivity contribution is 7.26. The fourth-order valence-corrected chi connectivity index (χ4v) is 10.6. The van der Waals surface area contributed by atoms with Gasteiger partial charge in [0, 0.05) is 30.9 Å². The van der Waals surface area contributed by atoms with Crippen LogP contribution in [0.15, 0.2) is 186 Å². The minimum atomic E-state index is 0.907. The number of furan rings is 1. The van der Waals surface area contributed by atoms with Gasteiger partial charge in [0.05, 0.1) is 0 Å². The number of hydrogen-bond donors (Lipinski definition) is 0. The van der Waals surface area contributed by atoms with Gasteiger partial charge >= 0.3 is 0 Å². The van der Waals surface area contributed by atoms with Crippen LogP contribution in [0.3, 0.4) is 0 Å². The number of rotatable bonds is 2. The molecule has 2 heterocycles. The molecule has 2 aromatic heterocycles. The molecular weight excluding hydrogens is 697 g/mol. The molecule has 0 aliphatic rings. The Morgan fingerprint density at radius 3 is 1.52 bits per heavy atom. The van der Waals surface area contributed by atoms with Crippen LogP contribution in [0.25, 0.3) is 129 Å². The topological polar surface area (TPSA) is 13.1 Å². The molecule has 0 spiro atoms. The number of hydrogen-bond acceptors (Lipinski definition) is 2. The van der Waals surface area contributed by atoms with Gasteiger partial charge in [-0.25, -0.2) is 0 Å². The Morgan fingerprint density at radius 2 is 0.786 bits per heavy atom. The van der Waals surface area contributed by atoms with E-state index in [0.717, 1.165) is 21.9 Å². The summed E-state index contributed by atoms with van der Waals surface area (Å²) in [6.45, 7) is 0. The molecule has 1 nitrogen and oxygen atoms in total. The number of fused-ring (bicyclic) bond motifs is 16. The van der Waals surface area contributed by atoms with Crippen LogP contribution in [0.5, 0.6) is 0 Å². The predicted octanol–water partition coefficient (Wildman–Crippen LogP) is 16.2. The average molecular weight is 727 g/mol. The molecule has 13 rings (SSSR count). The summed E-state index contributed by atoms with van der Waals surface area (Å²) in [6, 6.07) is 67.4. The first-order valence-electron chi connectivity index (χ1n) is 19.2. The van der Waals surface area contributed by atoms with Crippen molar-refractivity contribution < 1.29 is 4.42 Å². The van der Waals surface area contributed by atoms with E-state index in [9.17, 15) is 0 Å². The minimum Gasteiger partial charge on any atom is -0.456 e. The van der Waals surface area contributed by atoms with Crippen LogP contribution in [0.1, 0.15) is 0 Å². The summed E-state index contributed by atoms with van der Waals surface area (Å²) in [4.78, 5) is 0. The molecule has 0 fully saturated rings. The van der Waals surface area contributed by atoms with Crippen molar-refractivity contribution in [2.45, 2.75) is 0 Å². The second-order valence-corrected chi connectivity index (χ2v) is 16.3. The highest BCUT2D eigenvalue weighted by atomic mass is 32.1. The van der Waals surface area contributed by atoms with E-state index < -0.39 is 0 Å². The van der Waals surface area contributed by atoms with Crippen molar-refractivity contribution >= 4 is 118 Å². The van der Waals surface area contributed by atoms with Crippen molar-refractivity contribution in [2.75, 3.05) is 0 Å². The second kappa shape index (κ2) is 11.3. The molecule has 0 saturated carbocycles. The van der Waals surface area contributed by atoms with Gasteiger partial charge in [0.15, 0.2) is 0 Å². The lowest BCUT2D eigenvalue weighted by Gasteiger charge is -2.13. The fourth-order valence-electron chi connectivity index (χ4n) is 9.42. The number of thiophene rings is 1. The van der Waals surface area contributed by atoms with E-state index in [1.54, 1.807) is 0 Å². The summed E-state index contributed by atoms with van der Waals surface area (Å²) in [5.41, 5.74) is 6.60. The molecule has 2 heteroatoms. The maximum Gasteiger partial charge on any atom is 0.135 e. The summed E-state index contributed by atoms with van der Waals surface area (Å²) < 4.78 is 9.04. The summed E-state index contributed by atoms with van der Waals surface area (Å²) >= 11 is 1.90. The smallest absolute Gasteiger partial charge is 0.135 e. The van der Waals surface area contributed by atoms with Crippen LogP contribution in [-0.4, -0.2) is 0 Å². The van der Waals surface area contributed by atoms with Gasteiger partial charge in [-0.3, -0.25) is 0 Å². The molecule has 0 atom stereocenters. The zero-order chi connectivity index (χ0) is 36.5. The van der Waals surface area contributed by atoms with Crippen LogP contribution < -0.4 is 0 Å². The van der Waals surface area contributed by atoms with E-state index in [2.05, 4.69) is 182 Å². The molecule has 0 bridgehead atoms. The van der Waals surface area contributed by atoms with Gasteiger partial charge < -0.3 is 4.42 Å². The lowest BCUT2D eigenvalue weighted by Crippen LogP contribution is -1.85. The summed E-state index contributed by atoms with van der Waals surface area (Å²) in [5.74, 6) is 0. The highest BCUT2D eigenvalue weighted by Gasteiger charge is 2.17. The molecule has 13 aromatic rings. The van der Waals surface area contributed by atoms with Gasteiger partial charge in [-0.2, -0.15) is 0 Å². The molecule has 0 amide bonds. The monoisotopic (exact) mass is 726 g/mol. The van der Waals surface area contributed by atoms with Crippen molar-refractivity contribution in [2.24, 2.45) is 0 Å². The molecule has 258 valence electrons. The van der Waals surface area contributed by atoms with Crippen LogP contribution in [0, 0.1) is 0 Å². The first kappa shape index (κ1) is 30.3.